The maximum absolute atomic E-state index is 12.5. The number of aromatic nitrogens is 6. The first-order chi connectivity index (χ1) is 14.1. The van der Waals surface area contributed by atoms with Crippen LogP contribution in [0.1, 0.15) is 10.4 Å². The monoisotopic (exact) mass is 394 g/mol. The minimum Gasteiger partial charge on any atom is -0.480 e. The van der Waals surface area contributed by atoms with Gasteiger partial charge in [0, 0.05) is 44.1 Å². The molecule has 1 aromatic carbocycles. The van der Waals surface area contributed by atoms with Gasteiger partial charge >= 0.3 is 5.97 Å². The SMILES string of the molecule is O=C(O)Cn1nnc(-c2cnc(N3CCN(C(=O)c4ccccc4)CC3)nc2)n1. The number of amides is 1. The van der Waals surface area contributed by atoms with E-state index in [4.69, 9.17) is 5.11 Å². The van der Waals surface area contributed by atoms with Gasteiger partial charge < -0.3 is 14.9 Å². The molecule has 1 aliphatic heterocycles. The Bertz CT molecular complexity index is 997. The highest BCUT2D eigenvalue weighted by atomic mass is 16.4. The van der Waals surface area contributed by atoms with Gasteiger partial charge in [0.25, 0.3) is 5.91 Å². The second kappa shape index (κ2) is 8.00. The molecule has 11 nitrogen and oxygen atoms in total. The molecule has 0 unspecified atom stereocenters. The van der Waals surface area contributed by atoms with Crippen LogP contribution in [0.3, 0.4) is 0 Å². The Kier molecular flexibility index (Phi) is 5.10. The van der Waals surface area contributed by atoms with Crippen LogP contribution < -0.4 is 4.90 Å². The highest BCUT2D eigenvalue weighted by Gasteiger charge is 2.23. The van der Waals surface area contributed by atoms with Crippen LogP contribution in [-0.4, -0.2) is 78.2 Å². The summed E-state index contributed by atoms with van der Waals surface area (Å²) in [5, 5.41) is 20.3. The van der Waals surface area contributed by atoms with Gasteiger partial charge in [0.05, 0.1) is 5.56 Å². The van der Waals surface area contributed by atoms with Crippen molar-refractivity contribution in [2.24, 2.45) is 0 Å². The number of nitrogens with zero attached hydrogens (tertiary/aromatic N) is 8. The van der Waals surface area contributed by atoms with Gasteiger partial charge in [-0.2, -0.15) is 4.80 Å². The highest BCUT2D eigenvalue weighted by Crippen LogP contribution is 2.16. The minimum absolute atomic E-state index is 0.0250. The third kappa shape index (κ3) is 4.18. The molecule has 3 heterocycles. The summed E-state index contributed by atoms with van der Waals surface area (Å²) in [5.74, 6) is -0.211. The molecule has 148 valence electrons. The third-order valence-corrected chi connectivity index (χ3v) is 4.50. The first-order valence-corrected chi connectivity index (χ1v) is 9.01. The Labute approximate surface area is 165 Å². The third-order valence-electron chi connectivity index (χ3n) is 4.50. The van der Waals surface area contributed by atoms with Crippen molar-refractivity contribution >= 4 is 17.8 Å². The molecule has 1 N–H and O–H groups in total. The van der Waals surface area contributed by atoms with Gasteiger partial charge in [0.2, 0.25) is 11.8 Å². The topological polar surface area (TPSA) is 130 Å². The number of piperazine rings is 1. The second-order valence-electron chi connectivity index (χ2n) is 6.45. The van der Waals surface area contributed by atoms with Crippen molar-refractivity contribution in [2.45, 2.75) is 6.54 Å². The van der Waals surface area contributed by atoms with Gasteiger partial charge in [-0.3, -0.25) is 9.59 Å². The molecular weight excluding hydrogens is 376 g/mol. The van der Waals surface area contributed by atoms with Crippen molar-refractivity contribution < 1.29 is 14.7 Å². The molecule has 0 bridgehead atoms. The molecule has 2 aromatic heterocycles. The normalized spacial score (nSPS) is 14.1. The van der Waals surface area contributed by atoms with E-state index in [2.05, 4.69) is 25.4 Å². The second-order valence-corrected chi connectivity index (χ2v) is 6.45. The fraction of sp³-hybridized carbons (Fsp3) is 0.278. The zero-order valence-corrected chi connectivity index (χ0v) is 15.4. The van der Waals surface area contributed by atoms with Crippen LogP contribution in [0.4, 0.5) is 5.95 Å². The van der Waals surface area contributed by atoms with Crippen molar-refractivity contribution in [2.75, 3.05) is 31.1 Å². The molecule has 3 aromatic rings. The molecule has 4 rings (SSSR count). The van der Waals surface area contributed by atoms with Crippen molar-refractivity contribution in [1.29, 1.82) is 0 Å². The highest BCUT2D eigenvalue weighted by molar-refractivity contribution is 5.94. The van der Waals surface area contributed by atoms with Crippen LogP contribution in [0.5, 0.6) is 0 Å². The average Bonchev–Trinajstić information content (AvgIpc) is 3.22. The van der Waals surface area contributed by atoms with E-state index in [9.17, 15) is 9.59 Å². The number of hydrogen-bond donors (Lipinski definition) is 1. The van der Waals surface area contributed by atoms with E-state index in [0.717, 1.165) is 4.80 Å². The zero-order chi connectivity index (χ0) is 20.2. The van der Waals surface area contributed by atoms with E-state index in [1.807, 2.05) is 40.1 Å². The number of aliphatic carboxylic acids is 1. The molecule has 0 radical (unpaired) electrons. The molecular formula is C18H18N8O3. The smallest absolute Gasteiger partial charge is 0.327 e. The Morgan fingerprint density at radius 1 is 1.00 bits per heavy atom. The number of carbonyl (C=O) groups is 2. The molecule has 29 heavy (non-hydrogen) atoms. The number of benzene rings is 1. The lowest BCUT2D eigenvalue weighted by molar-refractivity contribution is -0.138. The average molecular weight is 394 g/mol. The van der Waals surface area contributed by atoms with Gasteiger partial charge in [-0.1, -0.05) is 18.2 Å². The van der Waals surface area contributed by atoms with Crippen LogP contribution in [0.15, 0.2) is 42.7 Å². The van der Waals surface area contributed by atoms with Crippen molar-refractivity contribution in [3.63, 3.8) is 0 Å². The van der Waals surface area contributed by atoms with Gasteiger partial charge in [-0.25, -0.2) is 9.97 Å². The van der Waals surface area contributed by atoms with Gasteiger partial charge in [-0.05, 0) is 17.3 Å². The summed E-state index contributed by atoms with van der Waals surface area (Å²) in [4.78, 5) is 36.8. The predicted molar refractivity (Wildman–Crippen MR) is 101 cm³/mol. The van der Waals surface area contributed by atoms with Gasteiger partial charge in [0.1, 0.15) is 0 Å². The molecule has 1 amide bonds. The van der Waals surface area contributed by atoms with Crippen LogP contribution in [0.2, 0.25) is 0 Å². The lowest BCUT2D eigenvalue weighted by Gasteiger charge is -2.34. The maximum Gasteiger partial charge on any atom is 0.327 e. The summed E-state index contributed by atoms with van der Waals surface area (Å²) in [5.41, 5.74) is 1.23. The molecule has 0 aliphatic carbocycles. The first-order valence-electron chi connectivity index (χ1n) is 9.01. The minimum atomic E-state index is -1.05. The van der Waals surface area contributed by atoms with Gasteiger partial charge in [-0.15, -0.1) is 10.2 Å². The van der Waals surface area contributed by atoms with Gasteiger partial charge in [0.15, 0.2) is 6.54 Å². The summed E-state index contributed by atoms with van der Waals surface area (Å²) in [6.07, 6.45) is 3.15. The number of tetrazole rings is 1. The van der Waals surface area contributed by atoms with E-state index < -0.39 is 5.97 Å². The summed E-state index contributed by atoms with van der Waals surface area (Å²) < 4.78 is 0. The Morgan fingerprint density at radius 2 is 1.69 bits per heavy atom. The van der Waals surface area contributed by atoms with Crippen LogP contribution >= 0.6 is 0 Å². The summed E-state index contributed by atoms with van der Waals surface area (Å²) in [6.45, 7) is 2.07. The molecule has 11 heteroatoms. The summed E-state index contributed by atoms with van der Waals surface area (Å²) in [7, 11) is 0. The molecule has 0 atom stereocenters. The maximum atomic E-state index is 12.5. The van der Waals surface area contributed by atoms with Crippen molar-refractivity contribution in [1.82, 2.24) is 35.1 Å². The molecule has 1 fully saturated rings. The van der Waals surface area contributed by atoms with E-state index >= 15 is 0 Å². The van der Waals surface area contributed by atoms with E-state index in [1.165, 1.54) is 0 Å². The summed E-state index contributed by atoms with van der Waals surface area (Å²) >= 11 is 0. The Balaban J connectivity index is 1.37. The molecule has 1 aliphatic rings. The number of anilines is 1. The van der Waals surface area contributed by atoms with Crippen LogP contribution in [0, 0.1) is 0 Å². The standard InChI is InChI=1S/C18H18N8O3/c27-15(28)12-26-22-16(21-23-26)14-10-19-18(20-11-14)25-8-6-24(7-9-25)17(29)13-4-2-1-3-5-13/h1-5,10-11H,6-9,12H2,(H,27,28). The first kappa shape index (κ1) is 18.5. The largest absolute Gasteiger partial charge is 0.480 e. The number of hydrogen-bond acceptors (Lipinski definition) is 8. The Morgan fingerprint density at radius 3 is 2.34 bits per heavy atom. The fourth-order valence-corrected chi connectivity index (χ4v) is 3.02. The van der Waals surface area contributed by atoms with Crippen LogP contribution in [0.25, 0.3) is 11.4 Å². The van der Waals surface area contributed by atoms with E-state index in [-0.39, 0.29) is 18.3 Å². The summed E-state index contributed by atoms with van der Waals surface area (Å²) in [6, 6.07) is 9.23. The van der Waals surface area contributed by atoms with Crippen LogP contribution in [-0.2, 0) is 11.3 Å². The fourth-order valence-electron chi connectivity index (χ4n) is 3.02. The lowest BCUT2D eigenvalue weighted by atomic mass is 10.2. The lowest BCUT2D eigenvalue weighted by Crippen LogP contribution is -2.49. The van der Waals surface area contributed by atoms with E-state index in [0.29, 0.717) is 43.3 Å². The Hall–Kier alpha value is -3.89. The molecule has 1 saturated heterocycles. The number of carbonyl (C=O) groups excluding carboxylic acids is 1. The van der Waals surface area contributed by atoms with E-state index in [1.54, 1.807) is 12.4 Å². The van der Waals surface area contributed by atoms with Crippen molar-refractivity contribution in [3.8, 4) is 11.4 Å². The van der Waals surface area contributed by atoms with Crippen molar-refractivity contribution in [3.05, 3.63) is 48.3 Å². The molecule has 0 saturated carbocycles. The quantitative estimate of drug-likeness (QED) is 0.644. The number of carboxylic acids is 1. The number of carboxylic acid groups (broad SMARTS) is 1. The zero-order valence-electron chi connectivity index (χ0n) is 15.4. The predicted octanol–water partition coefficient (Wildman–Crippen LogP) is 0.177. The number of rotatable bonds is 5. The molecule has 0 spiro atoms.